The summed E-state index contributed by atoms with van der Waals surface area (Å²) in [4.78, 5) is 2.41. The van der Waals surface area contributed by atoms with Crippen molar-refractivity contribution >= 4 is 0 Å². The Morgan fingerprint density at radius 3 is 2.41 bits per heavy atom. The molecule has 1 aliphatic rings. The van der Waals surface area contributed by atoms with Crippen LogP contribution in [0.25, 0.3) is 11.1 Å². The largest absolute Gasteiger partial charge is 0.496 e. The maximum Gasteiger partial charge on any atom is 0.126 e. The summed E-state index contributed by atoms with van der Waals surface area (Å²) in [5.74, 6) is 0.903. The topological polar surface area (TPSA) is 32.7 Å². The second-order valence-electron chi connectivity index (χ2n) is 5.90. The molecule has 3 rings (SSSR count). The van der Waals surface area contributed by atoms with E-state index in [1.54, 1.807) is 7.11 Å². The number of nitrogens with zero attached hydrogens (tertiary/aromatic N) is 1. The van der Waals surface area contributed by atoms with Crippen LogP contribution in [0.4, 0.5) is 0 Å². The van der Waals surface area contributed by atoms with Gasteiger partial charge in [-0.05, 0) is 30.0 Å². The highest BCUT2D eigenvalue weighted by Crippen LogP contribution is 2.29. The molecule has 3 heteroatoms. The average Bonchev–Trinajstić information content (AvgIpc) is 2.58. The predicted octanol–water partition coefficient (Wildman–Crippen LogP) is 3.32. The molecule has 0 amide bonds. The third-order valence-corrected chi connectivity index (χ3v) is 4.34. The van der Waals surface area contributed by atoms with E-state index in [1.165, 1.54) is 11.1 Å². The van der Waals surface area contributed by atoms with Gasteiger partial charge in [0.05, 0.1) is 13.2 Å². The van der Waals surface area contributed by atoms with Crippen LogP contribution in [0.15, 0.2) is 48.5 Å². The van der Waals surface area contributed by atoms with Gasteiger partial charge in [-0.1, -0.05) is 42.5 Å². The molecule has 0 bridgehead atoms. The fraction of sp³-hybridized carbons (Fsp3) is 0.368. The van der Waals surface area contributed by atoms with Crippen molar-refractivity contribution in [2.45, 2.75) is 25.5 Å². The van der Waals surface area contributed by atoms with Gasteiger partial charge in [0.1, 0.15) is 5.75 Å². The number of piperidine rings is 1. The molecule has 0 radical (unpaired) electrons. The number of aliphatic hydroxyl groups is 1. The SMILES string of the molecule is COc1ccccc1-c1ccc(CN2CCC(O)CC2)cc1. The second-order valence-corrected chi connectivity index (χ2v) is 5.90. The van der Waals surface area contributed by atoms with Crippen LogP contribution in [0.2, 0.25) is 0 Å². The van der Waals surface area contributed by atoms with E-state index in [0.717, 1.165) is 43.8 Å². The molecular formula is C19H23NO2. The van der Waals surface area contributed by atoms with E-state index in [1.807, 2.05) is 18.2 Å². The lowest BCUT2D eigenvalue weighted by molar-refractivity contribution is 0.0792. The number of aliphatic hydroxyl groups excluding tert-OH is 1. The first-order chi connectivity index (χ1) is 10.8. The summed E-state index contributed by atoms with van der Waals surface area (Å²) in [5, 5.41) is 9.57. The van der Waals surface area contributed by atoms with Gasteiger partial charge in [0.15, 0.2) is 0 Å². The van der Waals surface area contributed by atoms with Crippen molar-refractivity contribution in [1.29, 1.82) is 0 Å². The summed E-state index contributed by atoms with van der Waals surface area (Å²) in [6.07, 6.45) is 1.67. The molecule has 22 heavy (non-hydrogen) atoms. The molecule has 1 fully saturated rings. The Labute approximate surface area is 132 Å². The number of ether oxygens (including phenoxy) is 1. The molecule has 0 saturated carbocycles. The maximum absolute atomic E-state index is 9.57. The normalized spacial score (nSPS) is 16.6. The van der Waals surface area contributed by atoms with E-state index in [4.69, 9.17) is 4.74 Å². The van der Waals surface area contributed by atoms with E-state index in [0.29, 0.717) is 0 Å². The van der Waals surface area contributed by atoms with Crippen LogP contribution in [0.1, 0.15) is 18.4 Å². The van der Waals surface area contributed by atoms with Gasteiger partial charge in [-0.15, -0.1) is 0 Å². The van der Waals surface area contributed by atoms with Crippen molar-refractivity contribution in [2.24, 2.45) is 0 Å². The van der Waals surface area contributed by atoms with Crippen molar-refractivity contribution in [3.05, 3.63) is 54.1 Å². The Balaban J connectivity index is 1.70. The van der Waals surface area contributed by atoms with Gasteiger partial charge in [0.2, 0.25) is 0 Å². The Morgan fingerprint density at radius 2 is 1.73 bits per heavy atom. The summed E-state index contributed by atoms with van der Waals surface area (Å²) in [6.45, 7) is 2.92. The third-order valence-electron chi connectivity index (χ3n) is 4.34. The molecule has 0 aromatic heterocycles. The Hall–Kier alpha value is -1.84. The van der Waals surface area contributed by atoms with Gasteiger partial charge in [0, 0.05) is 25.2 Å². The zero-order valence-electron chi connectivity index (χ0n) is 13.0. The summed E-state index contributed by atoms with van der Waals surface area (Å²) < 4.78 is 5.43. The lowest BCUT2D eigenvalue weighted by Gasteiger charge is -2.29. The van der Waals surface area contributed by atoms with Crippen LogP contribution in [-0.4, -0.2) is 36.3 Å². The number of methoxy groups -OCH3 is 1. The first-order valence-corrected chi connectivity index (χ1v) is 7.89. The summed E-state index contributed by atoms with van der Waals surface area (Å²) in [5.41, 5.74) is 3.61. The molecule has 3 nitrogen and oxygen atoms in total. The fourth-order valence-electron chi connectivity index (χ4n) is 3.01. The highest BCUT2D eigenvalue weighted by molar-refractivity contribution is 5.70. The van der Waals surface area contributed by atoms with Gasteiger partial charge in [0.25, 0.3) is 0 Å². The number of para-hydroxylation sites is 1. The van der Waals surface area contributed by atoms with Crippen molar-refractivity contribution in [3.63, 3.8) is 0 Å². The Morgan fingerprint density at radius 1 is 1.05 bits per heavy atom. The third kappa shape index (κ3) is 3.49. The number of benzene rings is 2. The number of hydrogen-bond acceptors (Lipinski definition) is 3. The highest BCUT2D eigenvalue weighted by Gasteiger charge is 2.16. The van der Waals surface area contributed by atoms with Crippen LogP contribution in [0.3, 0.4) is 0 Å². The maximum atomic E-state index is 9.57. The molecule has 0 unspecified atom stereocenters. The minimum Gasteiger partial charge on any atom is -0.496 e. The molecule has 2 aromatic carbocycles. The molecule has 116 valence electrons. The van der Waals surface area contributed by atoms with E-state index in [9.17, 15) is 5.11 Å². The monoisotopic (exact) mass is 297 g/mol. The van der Waals surface area contributed by atoms with E-state index in [-0.39, 0.29) is 6.10 Å². The minimum absolute atomic E-state index is 0.107. The fourth-order valence-corrected chi connectivity index (χ4v) is 3.01. The van der Waals surface area contributed by atoms with Crippen LogP contribution >= 0.6 is 0 Å². The van der Waals surface area contributed by atoms with Crippen LogP contribution in [0, 0.1) is 0 Å². The van der Waals surface area contributed by atoms with Gasteiger partial charge in [-0.3, -0.25) is 4.90 Å². The van der Waals surface area contributed by atoms with E-state index in [2.05, 4.69) is 35.2 Å². The molecule has 0 atom stereocenters. The van der Waals surface area contributed by atoms with Crippen molar-refractivity contribution in [3.8, 4) is 16.9 Å². The first-order valence-electron chi connectivity index (χ1n) is 7.89. The standard InChI is InChI=1S/C19H23NO2/c1-22-19-5-3-2-4-18(19)16-8-6-15(7-9-16)14-20-12-10-17(21)11-13-20/h2-9,17,21H,10-14H2,1H3. The zero-order chi connectivity index (χ0) is 15.4. The van der Waals surface area contributed by atoms with E-state index >= 15 is 0 Å². The minimum atomic E-state index is -0.107. The van der Waals surface area contributed by atoms with Gasteiger partial charge in [-0.2, -0.15) is 0 Å². The lowest BCUT2D eigenvalue weighted by Crippen LogP contribution is -2.35. The summed E-state index contributed by atoms with van der Waals surface area (Å²) in [6, 6.07) is 16.8. The van der Waals surface area contributed by atoms with E-state index < -0.39 is 0 Å². The van der Waals surface area contributed by atoms with Gasteiger partial charge >= 0.3 is 0 Å². The highest BCUT2D eigenvalue weighted by atomic mass is 16.5. The Kier molecular flexibility index (Phi) is 4.76. The lowest BCUT2D eigenvalue weighted by atomic mass is 10.0. The number of hydrogen-bond donors (Lipinski definition) is 1. The number of likely N-dealkylation sites (tertiary alicyclic amines) is 1. The molecule has 2 aromatic rings. The van der Waals surface area contributed by atoms with Crippen LogP contribution in [-0.2, 0) is 6.54 Å². The first kappa shape index (κ1) is 15.1. The zero-order valence-corrected chi connectivity index (χ0v) is 13.0. The molecule has 1 aliphatic heterocycles. The van der Waals surface area contributed by atoms with Gasteiger partial charge in [-0.25, -0.2) is 0 Å². The quantitative estimate of drug-likeness (QED) is 0.939. The van der Waals surface area contributed by atoms with Crippen LogP contribution < -0.4 is 4.74 Å². The average molecular weight is 297 g/mol. The van der Waals surface area contributed by atoms with Crippen LogP contribution in [0.5, 0.6) is 5.75 Å². The number of rotatable bonds is 4. The smallest absolute Gasteiger partial charge is 0.126 e. The summed E-state index contributed by atoms with van der Waals surface area (Å²) in [7, 11) is 1.71. The molecule has 0 aliphatic carbocycles. The van der Waals surface area contributed by atoms with Gasteiger partial charge < -0.3 is 9.84 Å². The van der Waals surface area contributed by atoms with Crippen molar-refractivity contribution in [2.75, 3.05) is 20.2 Å². The molecule has 1 saturated heterocycles. The molecule has 1 heterocycles. The Bertz CT molecular complexity index is 601. The summed E-state index contributed by atoms with van der Waals surface area (Å²) >= 11 is 0. The van der Waals surface area contributed by atoms with Crippen molar-refractivity contribution in [1.82, 2.24) is 4.90 Å². The second kappa shape index (κ2) is 6.95. The van der Waals surface area contributed by atoms with Crippen molar-refractivity contribution < 1.29 is 9.84 Å². The molecular weight excluding hydrogens is 274 g/mol. The molecule has 0 spiro atoms. The molecule has 1 N–H and O–H groups in total. The predicted molar refractivity (Wildman–Crippen MR) is 88.9 cm³/mol.